The van der Waals surface area contributed by atoms with E-state index in [1.807, 2.05) is 60.7 Å². The normalized spacial score (nSPS) is 16.8. The Kier molecular flexibility index (Phi) is 5.01. The topological polar surface area (TPSA) is 110 Å². The van der Waals surface area contributed by atoms with Gasteiger partial charge in [0.1, 0.15) is 6.54 Å². The number of hydrogen-bond donors (Lipinski definition) is 2. The molecule has 0 spiro atoms. The van der Waals surface area contributed by atoms with Crippen LogP contribution < -0.4 is 5.73 Å². The van der Waals surface area contributed by atoms with Gasteiger partial charge in [0.05, 0.1) is 11.4 Å². The maximum Gasteiger partial charge on any atom is 0.269 e. The zero-order valence-corrected chi connectivity index (χ0v) is 17.8. The molecule has 1 heterocycles. The highest BCUT2D eigenvalue weighted by Gasteiger charge is 2.60. The molecule has 5 rings (SSSR count). The van der Waals surface area contributed by atoms with Crippen LogP contribution >= 0.6 is 0 Å². The van der Waals surface area contributed by atoms with Gasteiger partial charge in [-0.25, -0.2) is 0 Å². The van der Waals surface area contributed by atoms with Gasteiger partial charge in [-0.1, -0.05) is 78.9 Å². The average Bonchev–Trinajstić information content (AvgIpc) is 3.55. The lowest BCUT2D eigenvalue weighted by Gasteiger charge is -2.17. The largest absolute Gasteiger partial charge is 0.493 e. The molecular formula is C26H22N4O3. The molecule has 7 nitrogen and oxygen atoms in total. The Morgan fingerprint density at radius 3 is 2.12 bits per heavy atom. The fourth-order valence-electron chi connectivity index (χ4n) is 4.69. The molecule has 1 saturated carbocycles. The molecule has 0 aliphatic heterocycles. The van der Waals surface area contributed by atoms with E-state index < -0.39 is 11.3 Å². The summed E-state index contributed by atoms with van der Waals surface area (Å²) in [6.07, 6.45) is 0.633. The zero-order valence-electron chi connectivity index (χ0n) is 17.8. The first-order valence-electron chi connectivity index (χ1n) is 10.7. The Morgan fingerprint density at radius 1 is 0.939 bits per heavy atom. The molecular weight excluding hydrogens is 416 g/mol. The summed E-state index contributed by atoms with van der Waals surface area (Å²) in [4.78, 5) is 24.6. The smallest absolute Gasteiger partial charge is 0.269 e. The van der Waals surface area contributed by atoms with E-state index in [-0.39, 0.29) is 29.9 Å². The number of carbonyl (C=O) groups is 2. The summed E-state index contributed by atoms with van der Waals surface area (Å²) in [5.74, 6) is -1.56. The molecule has 164 valence electrons. The quantitative estimate of drug-likeness (QED) is 0.434. The number of aromatic nitrogens is 1. The Balaban J connectivity index is 1.50. The molecule has 0 saturated heterocycles. The standard InChI is InChI=1S/C26H22N4O3/c27-22(31)16-30-21-14-8-7-13-19(21)23(25(30)33)28-29-24(32)20-15-26(20,17-9-3-1-4-10-17)18-11-5-2-6-12-18/h1-14,20,33H,15-16H2,(H2,27,31)/t20-/m0/s1. The minimum Gasteiger partial charge on any atom is -0.493 e. The second-order valence-corrected chi connectivity index (χ2v) is 8.24. The van der Waals surface area contributed by atoms with E-state index in [0.717, 1.165) is 11.1 Å². The first-order chi connectivity index (χ1) is 16.0. The van der Waals surface area contributed by atoms with Crippen LogP contribution in [0.4, 0.5) is 5.69 Å². The number of rotatable bonds is 6. The molecule has 1 atom stereocenters. The third-order valence-corrected chi connectivity index (χ3v) is 6.32. The van der Waals surface area contributed by atoms with Crippen LogP contribution in [-0.4, -0.2) is 21.5 Å². The number of fused-ring (bicyclic) bond motifs is 1. The number of aromatic hydroxyl groups is 1. The van der Waals surface area contributed by atoms with Gasteiger partial charge in [-0.3, -0.25) is 9.59 Å². The highest BCUT2D eigenvalue weighted by molar-refractivity contribution is 5.96. The van der Waals surface area contributed by atoms with Gasteiger partial charge in [0, 0.05) is 10.8 Å². The minimum atomic E-state index is -0.598. The van der Waals surface area contributed by atoms with Gasteiger partial charge in [0.15, 0.2) is 5.69 Å². The maximum atomic E-state index is 13.1. The van der Waals surface area contributed by atoms with Crippen molar-refractivity contribution in [1.29, 1.82) is 0 Å². The van der Waals surface area contributed by atoms with Gasteiger partial charge in [0.25, 0.3) is 5.91 Å². The Labute approximate surface area is 190 Å². The summed E-state index contributed by atoms with van der Waals surface area (Å²) >= 11 is 0. The molecule has 2 amide bonds. The first-order valence-corrected chi connectivity index (χ1v) is 10.7. The van der Waals surface area contributed by atoms with Gasteiger partial charge < -0.3 is 15.4 Å². The Bertz CT molecular complexity index is 1340. The van der Waals surface area contributed by atoms with Crippen molar-refractivity contribution in [3.63, 3.8) is 0 Å². The lowest BCUT2D eigenvalue weighted by molar-refractivity contribution is -0.120. The number of azo groups is 1. The SMILES string of the molecule is NC(=O)Cn1c(O)c(N=NC(=O)[C@@H]2CC2(c2ccccc2)c2ccccc2)c2ccccc21. The molecule has 0 unspecified atom stereocenters. The van der Waals surface area contributed by atoms with Crippen LogP contribution in [0.15, 0.2) is 95.2 Å². The lowest BCUT2D eigenvalue weighted by atomic mass is 9.85. The predicted molar refractivity (Wildman–Crippen MR) is 124 cm³/mol. The fourth-order valence-corrected chi connectivity index (χ4v) is 4.69. The molecule has 33 heavy (non-hydrogen) atoms. The molecule has 3 N–H and O–H groups in total. The average molecular weight is 438 g/mol. The maximum absolute atomic E-state index is 13.1. The van der Waals surface area contributed by atoms with E-state index in [0.29, 0.717) is 17.3 Å². The number of primary amides is 1. The molecule has 0 radical (unpaired) electrons. The van der Waals surface area contributed by atoms with Crippen molar-refractivity contribution in [2.45, 2.75) is 18.4 Å². The van der Waals surface area contributed by atoms with Crippen LogP contribution in [0.25, 0.3) is 10.9 Å². The van der Waals surface area contributed by atoms with Crippen molar-refractivity contribution < 1.29 is 14.7 Å². The van der Waals surface area contributed by atoms with Gasteiger partial charge in [-0.2, -0.15) is 0 Å². The summed E-state index contributed by atoms with van der Waals surface area (Å²) in [7, 11) is 0. The van der Waals surface area contributed by atoms with E-state index in [4.69, 9.17) is 5.73 Å². The van der Waals surface area contributed by atoms with Gasteiger partial charge in [-0.05, 0) is 23.6 Å². The van der Waals surface area contributed by atoms with Crippen LogP contribution in [0.2, 0.25) is 0 Å². The third-order valence-electron chi connectivity index (χ3n) is 6.32. The molecule has 7 heteroatoms. The lowest BCUT2D eigenvalue weighted by Crippen LogP contribution is -2.18. The summed E-state index contributed by atoms with van der Waals surface area (Å²) in [6.45, 7) is -0.205. The molecule has 0 bridgehead atoms. The predicted octanol–water partition coefficient (Wildman–Crippen LogP) is 4.45. The van der Waals surface area contributed by atoms with Crippen LogP contribution in [0.5, 0.6) is 5.88 Å². The highest BCUT2D eigenvalue weighted by Crippen LogP contribution is 2.59. The number of carbonyl (C=O) groups excluding carboxylic acids is 2. The van der Waals surface area contributed by atoms with Crippen molar-refractivity contribution >= 4 is 28.4 Å². The van der Waals surface area contributed by atoms with Crippen LogP contribution in [0.1, 0.15) is 17.5 Å². The fraction of sp³-hybridized carbons (Fsp3) is 0.154. The summed E-state index contributed by atoms with van der Waals surface area (Å²) in [5.41, 5.74) is 7.73. The number of hydrogen-bond acceptors (Lipinski definition) is 4. The Morgan fingerprint density at radius 2 is 1.52 bits per heavy atom. The van der Waals surface area contributed by atoms with Gasteiger partial charge in [0.2, 0.25) is 11.8 Å². The Hall–Kier alpha value is -4.26. The van der Waals surface area contributed by atoms with Crippen LogP contribution in [0, 0.1) is 5.92 Å². The van der Waals surface area contributed by atoms with Crippen molar-refractivity contribution in [3.05, 3.63) is 96.1 Å². The monoisotopic (exact) mass is 438 g/mol. The number of nitrogens with zero attached hydrogens (tertiary/aromatic N) is 3. The van der Waals surface area contributed by atoms with Crippen LogP contribution in [0.3, 0.4) is 0 Å². The van der Waals surface area contributed by atoms with E-state index in [2.05, 4.69) is 10.2 Å². The molecule has 1 aliphatic carbocycles. The van der Waals surface area contributed by atoms with Crippen molar-refractivity contribution in [2.75, 3.05) is 0 Å². The molecule has 3 aromatic carbocycles. The third kappa shape index (κ3) is 3.47. The van der Waals surface area contributed by atoms with E-state index in [1.54, 1.807) is 24.3 Å². The summed E-state index contributed by atoms with van der Waals surface area (Å²) < 4.78 is 1.37. The highest BCUT2D eigenvalue weighted by atomic mass is 16.3. The van der Waals surface area contributed by atoms with E-state index in [1.165, 1.54) is 4.57 Å². The number of para-hydroxylation sites is 1. The van der Waals surface area contributed by atoms with Crippen molar-refractivity contribution in [3.8, 4) is 5.88 Å². The molecule has 1 aromatic heterocycles. The first kappa shape index (κ1) is 20.6. The number of nitrogens with two attached hydrogens (primary N) is 1. The summed E-state index contributed by atoms with van der Waals surface area (Å²) in [5, 5.41) is 19.4. The minimum absolute atomic E-state index is 0.144. The summed E-state index contributed by atoms with van der Waals surface area (Å²) in [6, 6.07) is 26.9. The van der Waals surface area contributed by atoms with Gasteiger partial charge in [-0.15, -0.1) is 10.2 Å². The van der Waals surface area contributed by atoms with E-state index in [9.17, 15) is 14.7 Å². The number of benzene rings is 3. The van der Waals surface area contributed by atoms with Crippen molar-refractivity contribution in [1.82, 2.24) is 4.57 Å². The second kappa shape index (κ2) is 8.02. The molecule has 1 fully saturated rings. The molecule has 1 aliphatic rings. The van der Waals surface area contributed by atoms with Gasteiger partial charge >= 0.3 is 0 Å². The van der Waals surface area contributed by atoms with Crippen LogP contribution in [-0.2, 0) is 21.5 Å². The van der Waals surface area contributed by atoms with Crippen molar-refractivity contribution in [2.24, 2.45) is 21.9 Å². The molecule has 4 aromatic rings. The number of amides is 2. The zero-order chi connectivity index (χ0) is 23.0. The second-order valence-electron chi connectivity index (χ2n) is 8.24. The van der Waals surface area contributed by atoms with E-state index >= 15 is 0 Å².